The monoisotopic (exact) mass is 298 g/mol. The zero-order chi connectivity index (χ0) is 15.2. The van der Waals surface area contributed by atoms with Gasteiger partial charge in [-0.05, 0) is 37.6 Å². The largest absolute Gasteiger partial charge is 0.437 e. The molecule has 1 aromatic carbocycles. The molecule has 2 N–H and O–H groups in total. The summed E-state index contributed by atoms with van der Waals surface area (Å²) in [4.78, 5) is 12.2. The van der Waals surface area contributed by atoms with Gasteiger partial charge in [0, 0.05) is 24.0 Å². The van der Waals surface area contributed by atoms with Gasteiger partial charge in [0.15, 0.2) is 0 Å². The highest BCUT2D eigenvalue weighted by molar-refractivity contribution is 5.95. The van der Waals surface area contributed by atoms with Gasteiger partial charge in [-0.25, -0.2) is 0 Å². The van der Waals surface area contributed by atoms with E-state index in [0.29, 0.717) is 17.3 Å². The lowest BCUT2D eigenvalue weighted by atomic mass is 10.0. The van der Waals surface area contributed by atoms with Crippen molar-refractivity contribution in [3.8, 4) is 11.6 Å². The summed E-state index contributed by atoms with van der Waals surface area (Å²) in [5, 5.41) is 13.8. The number of nitrogens with one attached hydrogen (secondary N) is 2. The molecule has 6 nitrogen and oxygen atoms in total. The zero-order valence-electron chi connectivity index (χ0n) is 12.2. The molecule has 1 atom stereocenters. The van der Waals surface area contributed by atoms with E-state index in [1.165, 1.54) is 0 Å². The number of carbonyl (C=O) groups excluding carboxylic acids is 1. The Balaban J connectivity index is 1.64. The highest BCUT2D eigenvalue weighted by atomic mass is 16.5. The Kier molecular flexibility index (Phi) is 4.60. The van der Waals surface area contributed by atoms with Crippen molar-refractivity contribution in [3.05, 3.63) is 42.6 Å². The molecule has 1 amide bonds. The van der Waals surface area contributed by atoms with Crippen molar-refractivity contribution in [2.45, 2.75) is 25.3 Å². The minimum absolute atomic E-state index is 0.00338. The van der Waals surface area contributed by atoms with Crippen LogP contribution in [0.5, 0.6) is 11.6 Å². The van der Waals surface area contributed by atoms with Gasteiger partial charge >= 0.3 is 0 Å². The molecule has 0 spiro atoms. The number of hydrogen-bond donors (Lipinski definition) is 2. The van der Waals surface area contributed by atoms with Crippen LogP contribution in [0, 0.1) is 0 Å². The number of anilines is 1. The Morgan fingerprint density at radius 3 is 3.00 bits per heavy atom. The Morgan fingerprint density at radius 2 is 2.23 bits per heavy atom. The van der Waals surface area contributed by atoms with Gasteiger partial charge in [0.25, 0.3) is 0 Å². The normalized spacial score (nSPS) is 17.7. The Morgan fingerprint density at radius 1 is 1.27 bits per heavy atom. The minimum Gasteiger partial charge on any atom is -0.437 e. The second kappa shape index (κ2) is 7.00. The van der Waals surface area contributed by atoms with Crippen molar-refractivity contribution in [3.63, 3.8) is 0 Å². The lowest BCUT2D eigenvalue weighted by Crippen LogP contribution is -2.43. The Labute approximate surface area is 128 Å². The number of nitrogens with zero attached hydrogens (tertiary/aromatic N) is 2. The van der Waals surface area contributed by atoms with Gasteiger partial charge in [-0.2, -0.15) is 5.10 Å². The van der Waals surface area contributed by atoms with Crippen LogP contribution >= 0.6 is 0 Å². The molecule has 0 aliphatic carbocycles. The van der Waals surface area contributed by atoms with Gasteiger partial charge in [0.2, 0.25) is 11.8 Å². The standard InChI is InChI=1S/C16H18N4O2/c21-16(14-7-1-2-9-17-14)19-12-5-3-6-13(11-12)22-15-8-4-10-18-20-15/h3-6,8,10-11,14,17H,1-2,7,9H2,(H,19,21)/t14-/m1/s1. The van der Waals surface area contributed by atoms with E-state index in [9.17, 15) is 4.79 Å². The van der Waals surface area contributed by atoms with Crippen molar-refractivity contribution in [2.75, 3.05) is 11.9 Å². The zero-order valence-corrected chi connectivity index (χ0v) is 12.2. The predicted molar refractivity (Wildman–Crippen MR) is 82.8 cm³/mol. The van der Waals surface area contributed by atoms with Crippen LogP contribution in [-0.4, -0.2) is 28.7 Å². The van der Waals surface area contributed by atoms with E-state index in [0.717, 1.165) is 25.8 Å². The van der Waals surface area contributed by atoms with Crippen LogP contribution in [0.4, 0.5) is 5.69 Å². The van der Waals surface area contributed by atoms with Crippen LogP contribution in [0.3, 0.4) is 0 Å². The first kappa shape index (κ1) is 14.5. The molecule has 114 valence electrons. The molecule has 0 unspecified atom stereocenters. The molecule has 1 aliphatic rings. The van der Waals surface area contributed by atoms with Crippen LogP contribution in [0.1, 0.15) is 19.3 Å². The highest BCUT2D eigenvalue weighted by Crippen LogP contribution is 2.22. The Bertz CT molecular complexity index is 627. The van der Waals surface area contributed by atoms with Crippen molar-refractivity contribution in [1.82, 2.24) is 15.5 Å². The maximum Gasteiger partial charge on any atom is 0.241 e. The molecule has 1 aliphatic heterocycles. The number of rotatable bonds is 4. The summed E-state index contributed by atoms with van der Waals surface area (Å²) < 4.78 is 5.61. The molecular weight excluding hydrogens is 280 g/mol. The molecule has 3 rings (SSSR count). The smallest absolute Gasteiger partial charge is 0.241 e. The van der Waals surface area contributed by atoms with E-state index in [1.807, 2.05) is 18.2 Å². The van der Waals surface area contributed by atoms with Crippen LogP contribution in [0.25, 0.3) is 0 Å². The second-order valence-electron chi connectivity index (χ2n) is 5.18. The van der Waals surface area contributed by atoms with Crippen molar-refractivity contribution < 1.29 is 9.53 Å². The molecule has 1 saturated heterocycles. The summed E-state index contributed by atoms with van der Waals surface area (Å²) in [6.45, 7) is 0.897. The average molecular weight is 298 g/mol. The molecule has 1 fully saturated rings. The van der Waals surface area contributed by atoms with Crippen LogP contribution < -0.4 is 15.4 Å². The number of piperidine rings is 1. The number of hydrogen-bond acceptors (Lipinski definition) is 5. The number of benzene rings is 1. The summed E-state index contributed by atoms with van der Waals surface area (Å²) in [5.74, 6) is 1.02. The molecule has 22 heavy (non-hydrogen) atoms. The fourth-order valence-electron chi connectivity index (χ4n) is 2.40. The first-order chi connectivity index (χ1) is 10.8. The van der Waals surface area contributed by atoms with Crippen molar-refractivity contribution in [1.29, 1.82) is 0 Å². The SMILES string of the molecule is O=C(Nc1cccc(Oc2cccnn2)c1)[C@H]1CCCCN1. The number of carbonyl (C=O) groups is 1. The number of amides is 1. The molecule has 2 heterocycles. The first-order valence-corrected chi connectivity index (χ1v) is 7.41. The van der Waals surface area contributed by atoms with Crippen LogP contribution in [0.2, 0.25) is 0 Å². The van der Waals surface area contributed by atoms with E-state index in [1.54, 1.807) is 24.4 Å². The summed E-state index contributed by atoms with van der Waals surface area (Å²) in [6, 6.07) is 10.6. The maximum absolute atomic E-state index is 12.2. The lowest BCUT2D eigenvalue weighted by molar-refractivity contribution is -0.118. The first-order valence-electron chi connectivity index (χ1n) is 7.41. The molecular formula is C16H18N4O2. The predicted octanol–water partition coefficient (Wildman–Crippen LogP) is 2.35. The van der Waals surface area contributed by atoms with E-state index >= 15 is 0 Å². The molecule has 0 bridgehead atoms. The van der Waals surface area contributed by atoms with E-state index in [-0.39, 0.29) is 11.9 Å². The van der Waals surface area contributed by atoms with Gasteiger partial charge < -0.3 is 15.4 Å². The topological polar surface area (TPSA) is 76.1 Å². The highest BCUT2D eigenvalue weighted by Gasteiger charge is 2.20. The van der Waals surface area contributed by atoms with Crippen LogP contribution in [-0.2, 0) is 4.79 Å². The fourth-order valence-corrected chi connectivity index (χ4v) is 2.40. The number of ether oxygens (including phenoxy) is 1. The van der Waals surface area contributed by atoms with E-state index in [2.05, 4.69) is 20.8 Å². The van der Waals surface area contributed by atoms with Gasteiger partial charge in [0.1, 0.15) is 5.75 Å². The van der Waals surface area contributed by atoms with E-state index in [4.69, 9.17) is 4.74 Å². The van der Waals surface area contributed by atoms with Crippen LogP contribution in [0.15, 0.2) is 42.6 Å². The van der Waals surface area contributed by atoms with E-state index < -0.39 is 0 Å². The van der Waals surface area contributed by atoms with Gasteiger partial charge in [0.05, 0.1) is 6.04 Å². The quantitative estimate of drug-likeness (QED) is 0.906. The molecule has 2 aromatic rings. The second-order valence-corrected chi connectivity index (χ2v) is 5.18. The summed E-state index contributed by atoms with van der Waals surface area (Å²) in [6.07, 6.45) is 4.68. The lowest BCUT2D eigenvalue weighted by Gasteiger charge is -2.22. The third-order valence-electron chi connectivity index (χ3n) is 3.50. The van der Waals surface area contributed by atoms with Gasteiger partial charge in [-0.1, -0.05) is 12.5 Å². The molecule has 6 heteroatoms. The third kappa shape index (κ3) is 3.79. The Hall–Kier alpha value is -2.47. The molecule has 0 radical (unpaired) electrons. The summed E-state index contributed by atoms with van der Waals surface area (Å²) in [5.41, 5.74) is 0.707. The average Bonchev–Trinajstić information content (AvgIpc) is 2.57. The third-order valence-corrected chi connectivity index (χ3v) is 3.50. The summed E-state index contributed by atoms with van der Waals surface area (Å²) in [7, 11) is 0. The molecule has 0 saturated carbocycles. The van der Waals surface area contributed by atoms with Gasteiger partial charge in [-0.3, -0.25) is 4.79 Å². The van der Waals surface area contributed by atoms with Crippen molar-refractivity contribution >= 4 is 11.6 Å². The van der Waals surface area contributed by atoms with Gasteiger partial charge in [-0.15, -0.1) is 5.10 Å². The fraction of sp³-hybridized carbons (Fsp3) is 0.312. The maximum atomic E-state index is 12.2. The summed E-state index contributed by atoms with van der Waals surface area (Å²) >= 11 is 0. The number of aromatic nitrogens is 2. The minimum atomic E-state index is -0.113. The van der Waals surface area contributed by atoms with Crippen molar-refractivity contribution in [2.24, 2.45) is 0 Å². The molecule has 1 aromatic heterocycles.